The van der Waals surface area contributed by atoms with E-state index in [0.717, 1.165) is 15.3 Å². The molecule has 0 bridgehead atoms. The van der Waals surface area contributed by atoms with E-state index >= 15 is 0 Å². The van der Waals surface area contributed by atoms with Crippen LogP contribution in [0.15, 0.2) is 18.2 Å². The van der Waals surface area contributed by atoms with Crippen molar-refractivity contribution in [3.05, 3.63) is 18.2 Å². The number of nitrogens with zero attached hydrogens (tertiary/aromatic N) is 2. The molecule has 0 aliphatic carbocycles. The predicted molar refractivity (Wildman–Crippen MR) is 77.0 cm³/mol. The fourth-order valence-corrected chi connectivity index (χ4v) is 3.10. The molecule has 0 aliphatic heterocycles. The average molecular weight is 285 g/mol. The van der Waals surface area contributed by atoms with Gasteiger partial charge in [0.2, 0.25) is 0 Å². The molecule has 0 atom stereocenters. The van der Waals surface area contributed by atoms with Gasteiger partial charge in [-0.05, 0) is 18.2 Å². The zero-order chi connectivity index (χ0) is 13.3. The lowest BCUT2D eigenvalue weighted by molar-refractivity contribution is 0.601. The van der Waals surface area contributed by atoms with Crippen molar-refractivity contribution in [1.82, 2.24) is 4.98 Å². The molecule has 2 rings (SSSR count). The van der Waals surface area contributed by atoms with Crippen LogP contribution in [0.1, 0.15) is 0 Å². The van der Waals surface area contributed by atoms with Gasteiger partial charge >= 0.3 is 0 Å². The van der Waals surface area contributed by atoms with Crippen molar-refractivity contribution in [2.75, 3.05) is 36.2 Å². The maximum atomic E-state index is 11.1. The van der Waals surface area contributed by atoms with E-state index in [9.17, 15) is 8.42 Å². The number of sulfone groups is 1. The van der Waals surface area contributed by atoms with Crippen molar-refractivity contribution in [2.45, 2.75) is 0 Å². The molecule has 2 aromatic rings. The quantitative estimate of drug-likeness (QED) is 0.858. The Morgan fingerprint density at radius 1 is 1.44 bits per heavy atom. The van der Waals surface area contributed by atoms with Crippen LogP contribution in [-0.2, 0) is 9.84 Å². The van der Waals surface area contributed by atoms with Gasteiger partial charge in [0.25, 0.3) is 0 Å². The lowest BCUT2D eigenvalue weighted by Gasteiger charge is -2.14. The standard InChI is InChI=1S/C11H15N3O2S2/c1-14(5-6-18(2,15)16)11-13-9-4-3-8(12)7-10(9)17-11/h3-4,7H,5-6,12H2,1-2H3. The summed E-state index contributed by atoms with van der Waals surface area (Å²) in [5, 5.41) is 0.805. The van der Waals surface area contributed by atoms with Crippen LogP contribution in [0, 0.1) is 0 Å². The zero-order valence-corrected chi connectivity index (χ0v) is 11.9. The van der Waals surface area contributed by atoms with Crippen LogP contribution in [0.2, 0.25) is 0 Å². The van der Waals surface area contributed by atoms with Crippen LogP contribution in [-0.4, -0.2) is 39.0 Å². The first-order valence-corrected chi connectivity index (χ1v) is 8.28. The zero-order valence-electron chi connectivity index (χ0n) is 10.3. The first-order chi connectivity index (χ1) is 8.35. The summed E-state index contributed by atoms with van der Waals surface area (Å²) in [5.74, 6) is 0.127. The van der Waals surface area contributed by atoms with Gasteiger partial charge in [0.15, 0.2) is 5.13 Å². The second-order valence-electron chi connectivity index (χ2n) is 4.28. The summed E-state index contributed by atoms with van der Waals surface area (Å²) in [6.07, 6.45) is 1.24. The lowest BCUT2D eigenvalue weighted by atomic mass is 10.3. The van der Waals surface area contributed by atoms with Gasteiger partial charge in [0.05, 0.1) is 16.0 Å². The maximum Gasteiger partial charge on any atom is 0.186 e. The number of benzene rings is 1. The lowest BCUT2D eigenvalue weighted by Crippen LogP contribution is -2.24. The molecule has 0 aliphatic rings. The number of rotatable bonds is 4. The summed E-state index contributed by atoms with van der Waals surface area (Å²) >= 11 is 1.51. The number of hydrogen-bond donors (Lipinski definition) is 1. The van der Waals surface area contributed by atoms with Crippen LogP contribution >= 0.6 is 11.3 Å². The summed E-state index contributed by atoms with van der Waals surface area (Å²) in [5.41, 5.74) is 7.30. The molecule has 0 saturated heterocycles. The highest BCUT2D eigenvalue weighted by Crippen LogP contribution is 2.29. The number of nitrogen functional groups attached to an aromatic ring is 1. The SMILES string of the molecule is CN(CCS(C)(=O)=O)c1nc2ccc(N)cc2s1. The molecule has 98 valence electrons. The van der Waals surface area contributed by atoms with E-state index in [0.29, 0.717) is 12.2 Å². The molecule has 5 nitrogen and oxygen atoms in total. The maximum absolute atomic E-state index is 11.1. The van der Waals surface area contributed by atoms with Gasteiger partial charge in [-0.1, -0.05) is 11.3 Å². The summed E-state index contributed by atoms with van der Waals surface area (Å²) in [4.78, 5) is 6.30. The highest BCUT2D eigenvalue weighted by atomic mass is 32.2. The molecule has 0 saturated carbocycles. The summed E-state index contributed by atoms with van der Waals surface area (Å²) in [7, 11) is -1.11. The largest absolute Gasteiger partial charge is 0.399 e. The molecule has 0 fully saturated rings. The molecule has 0 radical (unpaired) electrons. The topological polar surface area (TPSA) is 76.3 Å². The Hall–Kier alpha value is -1.34. The predicted octanol–water partition coefficient (Wildman–Crippen LogP) is 1.36. The molecular weight excluding hydrogens is 270 g/mol. The average Bonchev–Trinajstić information content (AvgIpc) is 2.67. The Morgan fingerprint density at radius 3 is 2.83 bits per heavy atom. The third kappa shape index (κ3) is 3.11. The van der Waals surface area contributed by atoms with Crippen LogP contribution in [0.3, 0.4) is 0 Å². The fraction of sp³-hybridized carbons (Fsp3) is 0.364. The van der Waals surface area contributed by atoms with Crippen molar-refractivity contribution in [3.63, 3.8) is 0 Å². The van der Waals surface area contributed by atoms with Gasteiger partial charge in [-0.3, -0.25) is 0 Å². The first kappa shape index (κ1) is 13.1. The van der Waals surface area contributed by atoms with Crippen molar-refractivity contribution in [2.24, 2.45) is 0 Å². The third-order valence-corrected chi connectivity index (χ3v) is 4.58. The summed E-state index contributed by atoms with van der Waals surface area (Å²) < 4.78 is 23.3. The van der Waals surface area contributed by atoms with E-state index < -0.39 is 9.84 Å². The van der Waals surface area contributed by atoms with Crippen LogP contribution in [0.4, 0.5) is 10.8 Å². The van der Waals surface area contributed by atoms with Crippen LogP contribution in [0.5, 0.6) is 0 Å². The van der Waals surface area contributed by atoms with Gasteiger partial charge in [0, 0.05) is 25.5 Å². The van der Waals surface area contributed by atoms with Gasteiger partial charge in [-0.25, -0.2) is 13.4 Å². The van der Waals surface area contributed by atoms with Crippen molar-refractivity contribution in [3.8, 4) is 0 Å². The number of fused-ring (bicyclic) bond motifs is 1. The number of anilines is 2. The normalized spacial score (nSPS) is 11.9. The van der Waals surface area contributed by atoms with Gasteiger partial charge in [-0.15, -0.1) is 0 Å². The minimum absolute atomic E-state index is 0.127. The van der Waals surface area contributed by atoms with Gasteiger partial charge in [-0.2, -0.15) is 0 Å². The van der Waals surface area contributed by atoms with Crippen LogP contribution < -0.4 is 10.6 Å². The Bertz CT molecular complexity index is 664. The number of aromatic nitrogens is 1. The Balaban J connectivity index is 2.20. The minimum atomic E-state index is -2.95. The second kappa shape index (κ2) is 4.74. The molecular formula is C11H15N3O2S2. The number of nitrogens with two attached hydrogens (primary N) is 1. The molecule has 0 spiro atoms. The molecule has 1 aromatic heterocycles. The van der Waals surface area contributed by atoms with Gasteiger partial charge < -0.3 is 10.6 Å². The Kier molecular flexibility index (Phi) is 3.45. The van der Waals surface area contributed by atoms with Crippen molar-refractivity contribution >= 4 is 42.2 Å². The van der Waals surface area contributed by atoms with E-state index in [1.807, 2.05) is 30.1 Å². The molecule has 0 amide bonds. The Morgan fingerprint density at radius 2 is 2.17 bits per heavy atom. The molecule has 18 heavy (non-hydrogen) atoms. The minimum Gasteiger partial charge on any atom is -0.399 e. The molecule has 2 N–H and O–H groups in total. The first-order valence-electron chi connectivity index (χ1n) is 5.40. The summed E-state index contributed by atoms with van der Waals surface area (Å²) in [6, 6.07) is 5.55. The fourth-order valence-electron chi connectivity index (χ4n) is 1.49. The molecule has 7 heteroatoms. The highest BCUT2D eigenvalue weighted by Gasteiger charge is 2.11. The van der Waals surface area contributed by atoms with E-state index in [1.54, 1.807) is 0 Å². The smallest absolute Gasteiger partial charge is 0.186 e. The molecule has 1 aromatic carbocycles. The van der Waals surface area contributed by atoms with Crippen molar-refractivity contribution in [1.29, 1.82) is 0 Å². The van der Waals surface area contributed by atoms with Gasteiger partial charge in [0.1, 0.15) is 9.84 Å². The second-order valence-corrected chi connectivity index (χ2v) is 7.54. The molecule has 1 heterocycles. The number of hydrogen-bond acceptors (Lipinski definition) is 6. The Labute approximate surface area is 110 Å². The summed E-state index contributed by atoms with van der Waals surface area (Å²) in [6.45, 7) is 0.439. The highest BCUT2D eigenvalue weighted by molar-refractivity contribution is 7.90. The van der Waals surface area contributed by atoms with E-state index in [2.05, 4.69) is 4.98 Å². The monoisotopic (exact) mass is 285 g/mol. The van der Waals surface area contributed by atoms with Crippen LogP contribution in [0.25, 0.3) is 10.2 Å². The van der Waals surface area contributed by atoms with E-state index in [1.165, 1.54) is 17.6 Å². The molecule has 0 unspecified atom stereocenters. The third-order valence-electron chi connectivity index (χ3n) is 2.53. The number of thiazole rings is 1. The van der Waals surface area contributed by atoms with E-state index in [4.69, 9.17) is 5.73 Å². The van der Waals surface area contributed by atoms with Crippen molar-refractivity contribution < 1.29 is 8.42 Å². The van der Waals surface area contributed by atoms with E-state index in [-0.39, 0.29) is 5.75 Å².